The third kappa shape index (κ3) is 2.57. The summed E-state index contributed by atoms with van der Waals surface area (Å²) in [5, 5.41) is 0. The van der Waals surface area contributed by atoms with Gasteiger partial charge in [0.25, 0.3) is 0 Å². The monoisotopic (exact) mass is 303 g/mol. The van der Waals surface area contributed by atoms with Crippen molar-refractivity contribution >= 4 is 22.9 Å². The van der Waals surface area contributed by atoms with Crippen LogP contribution >= 0.6 is 11.8 Å². The number of rotatable bonds is 2. The third-order valence-corrected chi connectivity index (χ3v) is 5.67. The van der Waals surface area contributed by atoms with Gasteiger partial charge in [0.05, 0.1) is 0 Å². The minimum Gasteiger partial charge on any atom is -0.381 e. The van der Waals surface area contributed by atoms with Crippen LogP contribution in [0.2, 0.25) is 0 Å². The van der Waals surface area contributed by atoms with Crippen LogP contribution in [0.5, 0.6) is 0 Å². The maximum absolute atomic E-state index is 5.52. The van der Waals surface area contributed by atoms with Crippen LogP contribution in [-0.4, -0.2) is 39.3 Å². The second-order valence-electron chi connectivity index (χ2n) is 5.92. The van der Waals surface area contributed by atoms with Gasteiger partial charge in [-0.3, -0.25) is 0 Å². The lowest BCUT2D eigenvalue weighted by molar-refractivity contribution is 0.0825. The summed E-state index contributed by atoms with van der Waals surface area (Å²) in [6, 6.07) is 4.66. The third-order valence-electron chi connectivity index (χ3n) is 4.62. The first kappa shape index (κ1) is 13.6. The van der Waals surface area contributed by atoms with Crippen LogP contribution in [0.4, 0.5) is 0 Å². The van der Waals surface area contributed by atoms with Gasteiger partial charge in [-0.1, -0.05) is 0 Å². The normalized spacial score (nSPS) is 21.9. The summed E-state index contributed by atoms with van der Waals surface area (Å²) in [6.07, 6.45) is 6.55. The fourth-order valence-corrected chi connectivity index (χ4v) is 4.58. The highest BCUT2D eigenvalue weighted by atomic mass is 32.2. The van der Waals surface area contributed by atoms with Crippen molar-refractivity contribution in [1.82, 2.24) is 14.5 Å². The van der Waals surface area contributed by atoms with Gasteiger partial charge < -0.3 is 9.30 Å². The van der Waals surface area contributed by atoms with Crippen LogP contribution in [0.1, 0.15) is 43.5 Å². The summed E-state index contributed by atoms with van der Waals surface area (Å²) < 4.78 is 7.99. The number of imidazole rings is 1. The molecule has 2 aliphatic heterocycles. The van der Waals surface area contributed by atoms with E-state index < -0.39 is 0 Å². The molecule has 112 valence electrons. The molecule has 0 N–H and O–H groups in total. The SMILES string of the molecule is c1cnc2c(c1)nc(C1CCOCC1)n2C1CCSCC1. The lowest BCUT2D eigenvalue weighted by Gasteiger charge is -2.28. The first-order valence-electron chi connectivity index (χ1n) is 7.92. The first-order chi connectivity index (χ1) is 10.4. The molecule has 2 fully saturated rings. The lowest BCUT2D eigenvalue weighted by Crippen LogP contribution is -2.22. The average molecular weight is 303 g/mol. The van der Waals surface area contributed by atoms with Crippen molar-refractivity contribution in [2.45, 2.75) is 37.6 Å². The Labute approximate surface area is 129 Å². The number of aromatic nitrogens is 3. The van der Waals surface area contributed by atoms with Crippen LogP contribution in [0.3, 0.4) is 0 Å². The molecule has 4 nitrogen and oxygen atoms in total. The molecule has 0 amide bonds. The number of hydrogen-bond donors (Lipinski definition) is 0. The van der Waals surface area contributed by atoms with Crippen molar-refractivity contribution in [2.24, 2.45) is 0 Å². The van der Waals surface area contributed by atoms with E-state index in [0.717, 1.165) is 37.2 Å². The molecule has 4 rings (SSSR count). The topological polar surface area (TPSA) is 39.9 Å². The minimum absolute atomic E-state index is 0.530. The van der Waals surface area contributed by atoms with E-state index in [2.05, 4.69) is 27.4 Å². The Morgan fingerprint density at radius 1 is 1.14 bits per heavy atom. The van der Waals surface area contributed by atoms with Crippen LogP contribution in [0, 0.1) is 0 Å². The molecule has 0 atom stereocenters. The van der Waals surface area contributed by atoms with Crippen molar-refractivity contribution in [1.29, 1.82) is 0 Å². The molecule has 5 heteroatoms. The van der Waals surface area contributed by atoms with Crippen molar-refractivity contribution in [2.75, 3.05) is 24.7 Å². The quantitative estimate of drug-likeness (QED) is 0.852. The van der Waals surface area contributed by atoms with Crippen molar-refractivity contribution in [3.05, 3.63) is 24.2 Å². The minimum atomic E-state index is 0.530. The van der Waals surface area contributed by atoms with Crippen LogP contribution in [0.15, 0.2) is 18.3 Å². The second-order valence-corrected chi connectivity index (χ2v) is 7.14. The number of pyridine rings is 1. The number of fused-ring (bicyclic) bond motifs is 1. The van der Waals surface area contributed by atoms with Crippen molar-refractivity contribution < 1.29 is 4.74 Å². The summed E-state index contributed by atoms with van der Waals surface area (Å²) in [5.41, 5.74) is 2.13. The van der Waals surface area contributed by atoms with Gasteiger partial charge in [0, 0.05) is 31.4 Å². The highest BCUT2D eigenvalue weighted by Gasteiger charge is 2.27. The predicted octanol–water partition coefficient (Wildman–Crippen LogP) is 3.39. The van der Waals surface area contributed by atoms with Gasteiger partial charge in [0.15, 0.2) is 5.65 Å². The maximum Gasteiger partial charge on any atom is 0.160 e. The Kier molecular flexibility index (Phi) is 3.86. The molecule has 0 saturated carbocycles. The van der Waals surface area contributed by atoms with E-state index in [4.69, 9.17) is 9.72 Å². The largest absolute Gasteiger partial charge is 0.381 e. The molecular formula is C16H21N3OS. The molecule has 0 aromatic carbocycles. The second kappa shape index (κ2) is 5.97. The number of ether oxygens (including phenoxy) is 1. The molecular weight excluding hydrogens is 282 g/mol. The van der Waals surface area contributed by atoms with E-state index in [0.29, 0.717) is 12.0 Å². The fourth-order valence-electron chi connectivity index (χ4n) is 3.49. The molecule has 2 aromatic heterocycles. The van der Waals surface area contributed by atoms with Gasteiger partial charge >= 0.3 is 0 Å². The Morgan fingerprint density at radius 3 is 2.76 bits per heavy atom. The molecule has 0 unspecified atom stereocenters. The Bertz CT molecular complexity index is 615. The first-order valence-corrected chi connectivity index (χ1v) is 9.07. The van der Waals surface area contributed by atoms with Gasteiger partial charge in [-0.2, -0.15) is 11.8 Å². The van der Waals surface area contributed by atoms with Crippen LogP contribution < -0.4 is 0 Å². The van der Waals surface area contributed by atoms with Gasteiger partial charge in [-0.15, -0.1) is 0 Å². The molecule has 0 aliphatic carbocycles. The van der Waals surface area contributed by atoms with Gasteiger partial charge in [0.2, 0.25) is 0 Å². The van der Waals surface area contributed by atoms with E-state index in [1.54, 1.807) is 0 Å². The van der Waals surface area contributed by atoms with Crippen molar-refractivity contribution in [3.63, 3.8) is 0 Å². The molecule has 0 spiro atoms. The average Bonchev–Trinajstić information content (AvgIpc) is 2.96. The standard InChI is InChI=1S/C16H21N3OS/c1-2-14-16(17-7-1)19(13-5-10-21-11-6-13)15(18-14)12-3-8-20-9-4-12/h1-2,7,12-13H,3-6,8-11H2. The summed E-state index contributed by atoms with van der Waals surface area (Å²) >= 11 is 2.07. The Morgan fingerprint density at radius 2 is 1.95 bits per heavy atom. The van der Waals surface area contributed by atoms with Crippen LogP contribution in [0.25, 0.3) is 11.2 Å². The fraction of sp³-hybridized carbons (Fsp3) is 0.625. The molecule has 21 heavy (non-hydrogen) atoms. The highest BCUT2D eigenvalue weighted by molar-refractivity contribution is 7.99. The van der Waals surface area contributed by atoms with E-state index in [-0.39, 0.29) is 0 Å². The van der Waals surface area contributed by atoms with E-state index in [1.807, 2.05) is 12.3 Å². The summed E-state index contributed by atoms with van der Waals surface area (Å²) in [6.45, 7) is 1.73. The summed E-state index contributed by atoms with van der Waals surface area (Å²) in [5.74, 6) is 4.29. The zero-order valence-corrected chi connectivity index (χ0v) is 13.0. The lowest BCUT2D eigenvalue weighted by atomic mass is 9.98. The number of hydrogen-bond acceptors (Lipinski definition) is 4. The van der Waals surface area contributed by atoms with Gasteiger partial charge in [-0.05, 0) is 49.3 Å². The van der Waals surface area contributed by atoms with Gasteiger partial charge in [0.1, 0.15) is 11.3 Å². The molecule has 2 aliphatic rings. The molecule has 2 aromatic rings. The van der Waals surface area contributed by atoms with E-state index in [9.17, 15) is 0 Å². The van der Waals surface area contributed by atoms with E-state index in [1.165, 1.54) is 30.2 Å². The molecule has 4 heterocycles. The summed E-state index contributed by atoms with van der Waals surface area (Å²) in [4.78, 5) is 9.58. The van der Waals surface area contributed by atoms with Gasteiger partial charge in [-0.25, -0.2) is 9.97 Å². The summed E-state index contributed by atoms with van der Waals surface area (Å²) in [7, 11) is 0. The Balaban J connectivity index is 1.79. The van der Waals surface area contributed by atoms with Crippen LogP contribution in [-0.2, 0) is 4.74 Å². The maximum atomic E-state index is 5.52. The smallest absolute Gasteiger partial charge is 0.160 e. The van der Waals surface area contributed by atoms with Crippen molar-refractivity contribution in [3.8, 4) is 0 Å². The molecule has 0 bridgehead atoms. The number of nitrogens with zero attached hydrogens (tertiary/aromatic N) is 3. The Hall–Kier alpha value is -1.07. The number of thioether (sulfide) groups is 1. The molecule has 0 radical (unpaired) electrons. The zero-order chi connectivity index (χ0) is 14.1. The molecule has 2 saturated heterocycles. The van der Waals surface area contributed by atoms with E-state index >= 15 is 0 Å². The zero-order valence-electron chi connectivity index (χ0n) is 12.2. The highest BCUT2D eigenvalue weighted by Crippen LogP contribution is 2.35. The predicted molar refractivity (Wildman–Crippen MR) is 85.9 cm³/mol.